The van der Waals surface area contributed by atoms with Gasteiger partial charge in [-0.25, -0.2) is 0 Å². The van der Waals surface area contributed by atoms with E-state index in [0.717, 1.165) is 6.54 Å². The van der Waals surface area contributed by atoms with Crippen molar-refractivity contribution in [2.75, 3.05) is 17.2 Å². The molecule has 0 bridgehead atoms. The molecule has 1 unspecified atom stereocenters. The summed E-state index contributed by atoms with van der Waals surface area (Å²) in [5, 5.41) is 0. The lowest BCUT2D eigenvalue weighted by molar-refractivity contribution is 0.434. The second kappa shape index (κ2) is 6.94. The average Bonchev–Trinajstić information content (AvgIpc) is 2.83. The minimum atomic E-state index is -3.91. The van der Waals surface area contributed by atoms with Crippen molar-refractivity contribution in [2.45, 2.75) is 41.9 Å². The number of rotatable bonds is 5. The molecule has 1 N–H and O–H groups in total. The maximum absolute atomic E-state index is 11.1. The smallest absolute Gasteiger partial charge is 0.264 e. The first kappa shape index (κ1) is 19.6. The number of para-hydroxylation sites is 1. The highest BCUT2D eigenvalue weighted by atomic mass is 32.2. The highest BCUT2D eigenvalue weighted by Crippen LogP contribution is 2.61. The van der Waals surface area contributed by atoms with E-state index in [0.29, 0.717) is 12.8 Å². The van der Waals surface area contributed by atoms with Crippen molar-refractivity contribution in [3.63, 3.8) is 0 Å². The van der Waals surface area contributed by atoms with Crippen LogP contribution < -0.4 is 4.90 Å². The van der Waals surface area contributed by atoms with Crippen LogP contribution in [0.3, 0.4) is 0 Å². The van der Waals surface area contributed by atoms with Crippen LogP contribution in [0.4, 0.5) is 5.69 Å². The van der Waals surface area contributed by atoms with Crippen LogP contribution in [-0.4, -0.2) is 30.1 Å². The zero-order valence-electron chi connectivity index (χ0n) is 16.1. The molecule has 2 heterocycles. The SMILES string of the molecule is CC1(C)c2ccccc2N(CCCCS(=O)(=O)O)C12C=Cc1ccccc1S2. The van der Waals surface area contributed by atoms with Crippen molar-refractivity contribution in [2.24, 2.45) is 0 Å². The minimum absolute atomic E-state index is 0.124. The predicted molar refractivity (Wildman–Crippen MR) is 117 cm³/mol. The Bertz CT molecular complexity index is 1030. The Balaban J connectivity index is 1.71. The van der Waals surface area contributed by atoms with Crippen LogP contribution in [-0.2, 0) is 15.5 Å². The fourth-order valence-corrected chi connectivity index (χ4v) is 6.49. The number of anilines is 1. The van der Waals surface area contributed by atoms with Crippen LogP contribution in [0.15, 0.2) is 59.5 Å². The first-order valence-electron chi connectivity index (χ1n) is 9.54. The van der Waals surface area contributed by atoms with E-state index in [-0.39, 0.29) is 16.0 Å². The van der Waals surface area contributed by atoms with Crippen molar-refractivity contribution < 1.29 is 13.0 Å². The lowest BCUT2D eigenvalue weighted by Gasteiger charge is -2.47. The van der Waals surface area contributed by atoms with Gasteiger partial charge in [-0.2, -0.15) is 8.42 Å². The van der Waals surface area contributed by atoms with Gasteiger partial charge in [-0.15, -0.1) is 0 Å². The molecule has 0 amide bonds. The van der Waals surface area contributed by atoms with Crippen LogP contribution in [0.2, 0.25) is 0 Å². The highest BCUT2D eigenvalue weighted by Gasteiger charge is 2.56. The summed E-state index contributed by atoms with van der Waals surface area (Å²) >= 11 is 1.87. The van der Waals surface area contributed by atoms with E-state index >= 15 is 0 Å². The molecule has 0 aromatic heterocycles. The molecule has 28 heavy (non-hydrogen) atoms. The van der Waals surface area contributed by atoms with Crippen LogP contribution in [0.5, 0.6) is 0 Å². The summed E-state index contributed by atoms with van der Waals surface area (Å²) in [6.45, 7) is 5.31. The van der Waals surface area contributed by atoms with Crippen LogP contribution in [0.1, 0.15) is 37.8 Å². The lowest BCUT2D eigenvalue weighted by Crippen LogP contribution is -2.52. The number of benzene rings is 2. The fraction of sp³-hybridized carbons (Fsp3) is 0.364. The zero-order chi connectivity index (χ0) is 20.0. The standard InChI is InChI=1S/C22H25NO3S2/c1-21(2)18-10-4-5-11-19(18)23(15-7-8-16-28(24,25)26)22(21)14-13-17-9-3-6-12-20(17)27-22/h3-6,9-14H,7-8,15-16H2,1-2H3,(H,24,25,26). The molecule has 4 nitrogen and oxygen atoms in total. The summed E-state index contributed by atoms with van der Waals surface area (Å²) in [5.41, 5.74) is 3.62. The quantitative estimate of drug-likeness (QED) is 0.552. The Morgan fingerprint density at radius 1 is 1.04 bits per heavy atom. The average molecular weight is 416 g/mol. The Hall–Kier alpha value is -1.76. The molecule has 148 valence electrons. The molecule has 1 spiro atoms. The van der Waals surface area contributed by atoms with E-state index in [9.17, 15) is 8.42 Å². The van der Waals surface area contributed by atoms with Crippen molar-refractivity contribution in [3.05, 3.63) is 65.7 Å². The molecule has 2 aromatic rings. The molecule has 0 radical (unpaired) electrons. The summed E-state index contributed by atoms with van der Waals surface area (Å²) in [5.74, 6) is -0.190. The topological polar surface area (TPSA) is 57.6 Å². The molecule has 2 aliphatic rings. The van der Waals surface area contributed by atoms with Gasteiger partial charge in [0.05, 0.1) is 5.75 Å². The molecule has 1 atom stereocenters. The monoisotopic (exact) mass is 415 g/mol. The molecule has 6 heteroatoms. The molecule has 4 rings (SSSR count). The minimum Gasteiger partial charge on any atom is -0.352 e. The maximum Gasteiger partial charge on any atom is 0.264 e. The van der Waals surface area contributed by atoms with Crippen LogP contribution in [0, 0.1) is 0 Å². The molecular formula is C22H25NO3S2. The molecule has 2 aliphatic heterocycles. The number of hydrogen-bond donors (Lipinski definition) is 1. The van der Waals surface area contributed by atoms with E-state index in [1.807, 2.05) is 11.8 Å². The number of thioether (sulfide) groups is 1. The van der Waals surface area contributed by atoms with E-state index in [4.69, 9.17) is 4.55 Å². The first-order valence-corrected chi connectivity index (χ1v) is 12.0. The summed E-state index contributed by atoms with van der Waals surface area (Å²) < 4.78 is 31.2. The Morgan fingerprint density at radius 2 is 1.75 bits per heavy atom. The second-order valence-electron chi connectivity index (χ2n) is 7.96. The van der Waals surface area contributed by atoms with Gasteiger partial charge in [0.2, 0.25) is 0 Å². The number of nitrogens with zero attached hydrogens (tertiary/aromatic N) is 1. The van der Waals surface area contributed by atoms with Gasteiger partial charge < -0.3 is 4.90 Å². The third kappa shape index (κ3) is 3.17. The van der Waals surface area contributed by atoms with Crippen molar-refractivity contribution in [1.29, 1.82) is 0 Å². The van der Waals surface area contributed by atoms with Crippen molar-refractivity contribution >= 4 is 33.6 Å². The molecule has 0 saturated heterocycles. The van der Waals surface area contributed by atoms with E-state index in [1.54, 1.807) is 0 Å². The normalized spacial score (nSPS) is 22.3. The Morgan fingerprint density at radius 3 is 2.54 bits per heavy atom. The molecule has 2 aromatic carbocycles. The fourth-order valence-electron chi connectivity index (χ4n) is 4.38. The summed E-state index contributed by atoms with van der Waals surface area (Å²) in [7, 11) is -3.91. The number of hydrogen-bond acceptors (Lipinski definition) is 4. The zero-order valence-corrected chi connectivity index (χ0v) is 17.8. The molecule has 0 saturated carbocycles. The summed E-state index contributed by atoms with van der Waals surface area (Å²) in [6, 6.07) is 16.9. The Labute approximate surface area is 171 Å². The highest BCUT2D eigenvalue weighted by molar-refractivity contribution is 8.01. The third-order valence-electron chi connectivity index (χ3n) is 5.87. The van der Waals surface area contributed by atoms with E-state index < -0.39 is 10.1 Å². The maximum atomic E-state index is 11.1. The van der Waals surface area contributed by atoms with Crippen LogP contribution in [0.25, 0.3) is 6.08 Å². The largest absolute Gasteiger partial charge is 0.352 e. The van der Waals surface area contributed by atoms with E-state index in [1.165, 1.54) is 21.7 Å². The first-order chi connectivity index (χ1) is 13.2. The van der Waals surface area contributed by atoms with Crippen molar-refractivity contribution in [1.82, 2.24) is 0 Å². The number of unbranched alkanes of at least 4 members (excludes halogenated alkanes) is 1. The lowest BCUT2D eigenvalue weighted by atomic mass is 9.79. The van der Waals surface area contributed by atoms with Gasteiger partial charge in [-0.1, -0.05) is 68.1 Å². The molecule has 0 fully saturated rings. The van der Waals surface area contributed by atoms with E-state index in [2.05, 4.69) is 79.4 Å². The molecule has 0 aliphatic carbocycles. The van der Waals surface area contributed by atoms with Crippen LogP contribution >= 0.6 is 11.8 Å². The summed E-state index contributed by atoms with van der Waals surface area (Å²) in [6.07, 6.45) is 5.66. The van der Waals surface area contributed by atoms with Gasteiger partial charge in [0.15, 0.2) is 0 Å². The van der Waals surface area contributed by atoms with Gasteiger partial charge in [0.25, 0.3) is 10.1 Å². The van der Waals surface area contributed by atoms with Gasteiger partial charge >= 0.3 is 0 Å². The molecular weight excluding hydrogens is 390 g/mol. The van der Waals surface area contributed by atoms with Gasteiger partial charge in [-0.3, -0.25) is 4.55 Å². The van der Waals surface area contributed by atoms with Gasteiger partial charge in [0.1, 0.15) is 4.87 Å². The van der Waals surface area contributed by atoms with Gasteiger partial charge in [0, 0.05) is 22.5 Å². The van der Waals surface area contributed by atoms with Gasteiger partial charge in [-0.05, 0) is 42.2 Å². The number of fused-ring (bicyclic) bond motifs is 2. The second-order valence-corrected chi connectivity index (χ2v) is 10.8. The predicted octanol–water partition coefficient (Wildman–Crippen LogP) is 4.97. The Kier molecular flexibility index (Phi) is 4.84. The third-order valence-corrected chi connectivity index (χ3v) is 8.45. The summed E-state index contributed by atoms with van der Waals surface area (Å²) in [4.78, 5) is 3.40. The van der Waals surface area contributed by atoms with Crippen molar-refractivity contribution in [3.8, 4) is 0 Å².